The van der Waals surface area contributed by atoms with Crippen molar-refractivity contribution in [2.75, 3.05) is 39.0 Å². The van der Waals surface area contributed by atoms with Crippen LogP contribution in [-0.2, 0) is 14.8 Å². The van der Waals surface area contributed by atoms with Gasteiger partial charge in [-0.05, 0) is 44.1 Å². The Bertz CT molecular complexity index is 549. The van der Waals surface area contributed by atoms with Crippen LogP contribution in [0.5, 0.6) is 0 Å². The van der Waals surface area contributed by atoms with Gasteiger partial charge >= 0.3 is 0 Å². The minimum atomic E-state index is -3.07. The molecule has 2 N–H and O–H groups in total. The van der Waals surface area contributed by atoms with E-state index in [9.17, 15) is 13.2 Å². The van der Waals surface area contributed by atoms with Crippen molar-refractivity contribution in [2.24, 2.45) is 17.3 Å². The van der Waals surface area contributed by atoms with Crippen LogP contribution in [0.4, 0.5) is 0 Å². The van der Waals surface area contributed by atoms with Gasteiger partial charge in [0.15, 0.2) is 0 Å². The summed E-state index contributed by atoms with van der Waals surface area (Å²) in [5.74, 6) is 1.10. The summed E-state index contributed by atoms with van der Waals surface area (Å²) in [6.45, 7) is 3.63. The Hall–Kier alpha value is -0.370. The van der Waals surface area contributed by atoms with Crippen LogP contribution in [0.1, 0.15) is 38.5 Å². The van der Waals surface area contributed by atoms with Gasteiger partial charge in [-0.1, -0.05) is 12.8 Å². The Morgan fingerprint density at radius 3 is 2.62 bits per heavy atom. The Labute approximate surface area is 151 Å². The summed E-state index contributed by atoms with van der Waals surface area (Å²) in [5, 5.41) is 6.60. The molecule has 8 heteroatoms. The monoisotopic (exact) mass is 379 g/mol. The first-order chi connectivity index (χ1) is 10.9. The quantitative estimate of drug-likeness (QED) is 0.763. The molecule has 0 radical (unpaired) electrons. The molecular formula is C16H30ClN3O3S. The zero-order chi connectivity index (χ0) is 16.5. The van der Waals surface area contributed by atoms with E-state index in [0.29, 0.717) is 31.5 Å². The first-order valence-electron chi connectivity index (χ1n) is 8.86. The smallest absolute Gasteiger partial charge is 0.227 e. The molecule has 24 heavy (non-hydrogen) atoms. The average molecular weight is 380 g/mol. The fourth-order valence-electron chi connectivity index (χ4n) is 4.55. The highest BCUT2D eigenvalue weighted by Crippen LogP contribution is 2.43. The normalized spacial score (nSPS) is 32.0. The first kappa shape index (κ1) is 19.9. The predicted octanol–water partition coefficient (Wildman–Crippen LogP) is 0.976. The van der Waals surface area contributed by atoms with Crippen molar-refractivity contribution >= 4 is 28.3 Å². The van der Waals surface area contributed by atoms with E-state index in [0.717, 1.165) is 45.2 Å². The largest absolute Gasteiger partial charge is 0.355 e. The van der Waals surface area contributed by atoms with Gasteiger partial charge < -0.3 is 10.6 Å². The molecule has 1 amide bonds. The number of carbonyl (C=O) groups excluding carboxylic acids is 1. The van der Waals surface area contributed by atoms with Gasteiger partial charge in [0.1, 0.15) is 0 Å². The maximum absolute atomic E-state index is 12.8. The van der Waals surface area contributed by atoms with Crippen LogP contribution in [0.25, 0.3) is 0 Å². The third-order valence-electron chi connectivity index (χ3n) is 6.08. The molecular weight excluding hydrogens is 350 g/mol. The maximum atomic E-state index is 12.8. The third kappa shape index (κ3) is 4.06. The number of rotatable bonds is 4. The number of carbonyl (C=O) groups is 1. The lowest BCUT2D eigenvalue weighted by atomic mass is 9.67. The number of hydrogen-bond donors (Lipinski definition) is 2. The van der Waals surface area contributed by atoms with Crippen LogP contribution in [0.2, 0.25) is 0 Å². The number of amides is 1. The fraction of sp³-hybridized carbons (Fsp3) is 0.938. The molecule has 3 rings (SSSR count). The van der Waals surface area contributed by atoms with E-state index in [1.807, 2.05) is 0 Å². The van der Waals surface area contributed by atoms with E-state index in [4.69, 9.17) is 0 Å². The summed E-state index contributed by atoms with van der Waals surface area (Å²) in [6, 6.07) is 0. The van der Waals surface area contributed by atoms with E-state index in [2.05, 4.69) is 10.6 Å². The summed E-state index contributed by atoms with van der Waals surface area (Å²) < 4.78 is 24.6. The molecule has 0 aromatic rings. The van der Waals surface area contributed by atoms with Crippen molar-refractivity contribution in [1.82, 2.24) is 14.9 Å². The second-order valence-electron chi connectivity index (χ2n) is 7.55. The van der Waals surface area contributed by atoms with Crippen LogP contribution in [0.3, 0.4) is 0 Å². The van der Waals surface area contributed by atoms with Gasteiger partial charge in [0.25, 0.3) is 0 Å². The molecule has 0 aromatic heterocycles. The highest BCUT2D eigenvalue weighted by Gasteiger charge is 2.49. The minimum absolute atomic E-state index is 0. The average Bonchev–Trinajstić information content (AvgIpc) is 2.97. The van der Waals surface area contributed by atoms with Crippen molar-refractivity contribution in [3.05, 3.63) is 0 Å². The number of piperidine rings is 1. The SMILES string of the molecule is CS(=O)(=O)N1CCC(CNC(=O)[C@@]23CCCC[C@H]2CNC3)CC1.Cl. The summed E-state index contributed by atoms with van der Waals surface area (Å²) in [4.78, 5) is 12.8. The van der Waals surface area contributed by atoms with Gasteiger partial charge in [-0.3, -0.25) is 4.79 Å². The predicted molar refractivity (Wildman–Crippen MR) is 96.7 cm³/mol. The summed E-state index contributed by atoms with van der Waals surface area (Å²) in [5.41, 5.74) is -0.189. The molecule has 1 aliphatic carbocycles. The molecule has 140 valence electrons. The Kier molecular flexibility index (Phi) is 6.56. The Morgan fingerprint density at radius 1 is 1.25 bits per heavy atom. The van der Waals surface area contributed by atoms with Crippen LogP contribution < -0.4 is 10.6 Å². The van der Waals surface area contributed by atoms with Crippen LogP contribution in [0, 0.1) is 17.3 Å². The number of sulfonamides is 1. The summed E-state index contributed by atoms with van der Waals surface area (Å²) in [6.07, 6.45) is 7.49. The Morgan fingerprint density at radius 2 is 1.96 bits per heavy atom. The first-order valence-corrected chi connectivity index (χ1v) is 10.7. The topological polar surface area (TPSA) is 78.5 Å². The molecule has 6 nitrogen and oxygen atoms in total. The van der Waals surface area contributed by atoms with E-state index < -0.39 is 10.0 Å². The van der Waals surface area contributed by atoms with Crippen LogP contribution in [0.15, 0.2) is 0 Å². The number of nitrogens with zero attached hydrogens (tertiary/aromatic N) is 1. The summed E-state index contributed by atoms with van der Waals surface area (Å²) >= 11 is 0. The molecule has 0 unspecified atom stereocenters. The van der Waals surface area contributed by atoms with Crippen molar-refractivity contribution in [2.45, 2.75) is 38.5 Å². The molecule has 3 fully saturated rings. The standard InChI is InChI=1S/C16H29N3O3S.ClH/c1-23(21,22)19-8-5-13(6-9-19)10-18-15(20)16-7-3-2-4-14(16)11-17-12-16;/h13-14,17H,2-12H2,1H3,(H,18,20);1H/t14-,16+;/m0./s1. The number of fused-ring (bicyclic) bond motifs is 1. The lowest BCUT2D eigenvalue weighted by Gasteiger charge is -2.38. The number of hydrogen-bond acceptors (Lipinski definition) is 4. The molecule has 3 aliphatic rings. The van der Waals surface area contributed by atoms with Gasteiger partial charge in [0.2, 0.25) is 15.9 Å². The van der Waals surface area contributed by atoms with Gasteiger partial charge in [0.05, 0.1) is 11.7 Å². The number of halogens is 1. The van der Waals surface area contributed by atoms with Crippen LogP contribution >= 0.6 is 12.4 Å². The molecule has 2 saturated heterocycles. The van der Waals surface area contributed by atoms with Gasteiger partial charge in [-0.25, -0.2) is 12.7 Å². The maximum Gasteiger partial charge on any atom is 0.227 e. The second kappa shape index (κ2) is 7.89. The molecule has 2 heterocycles. The molecule has 1 saturated carbocycles. The minimum Gasteiger partial charge on any atom is -0.355 e. The molecule has 2 atom stereocenters. The Balaban J connectivity index is 0.00000208. The molecule has 0 bridgehead atoms. The van der Waals surface area contributed by atoms with Gasteiger partial charge in [0, 0.05) is 26.2 Å². The van der Waals surface area contributed by atoms with E-state index in [1.54, 1.807) is 4.31 Å². The van der Waals surface area contributed by atoms with E-state index in [-0.39, 0.29) is 23.7 Å². The zero-order valence-electron chi connectivity index (χ0n) is 14.4. The number of nitrogens with one attached hydrogen (secondary N) is 2. The third-order valence-corrected chi connectivity index (χ3v) is 7.39. The molecule has 0 spiro atoms. The molecule has 2 aliphatic heterocycles. The summed E-state index contributed by atoms with van der Waals surface area (Å²) in [7, 11) is -3.07. The van der Waals surface area contributed by atoms with Crippen molar-refractivity contribution in [1.29, 1.82) is 0 Å². The van der Waals surface area contributed by atoms with Crippen molar-refractivity contribution in [3.8, 4) is 0 Å². The van der Waals surface area contributed by atoms with Crippen molar-refractivity contribution < 1.29 is 13.2 Å². The zero-order valence-corrected chi connectivity index (χ0v) is 16.1. The van der Waals surface area contributed by atoms with E-state index >= 15 is 0 Å². The fourth-order valence-corrected chi connectivity index (χ4v) is 5.42. The van der Waals surface area contributed by atoms with E-state index in [1.165, 1.54) is 12.7 Å². The lowest BCUT2D eigenvalue weighted by Crippen LogP contribution is -2.49. The van der Waals surface area contributed by atoms with Gasteiger partial charge in [-0.2, -0.15) is 0 Å². The highest BCUT2D eigenvalue weighted by atomic mass is 35.5. The lowest BCUT2D eigenvalue weighted by molar-refractivity contribution is -0.134. The highest BCUT2D eigenvalue weighted by molar-refractivity contribution is 7.88. The molecule has 0 aromatic carbocycles. The van der Waals surface area contributed by atoms with Gasteiger partial charge in [-0.15, -0.1) is 12.4 Å². The van der Waals surface area contributed by atoms with Crippen LogP contribution in [-0.4, -0.2) is 57.6 Å². The van der Waals surface area contributed by atoms with Crippen molar-refractivity contribution in [3.63, 3.8) is 0 Å². The second-order valence-corrected chi connectivity index (χ2v) is 9.53.